The summed E-state index contributed by atoms with van der Waals surface area (Å²) in [5, 5.41) is 0. The van der Waals surface area contributed by atoms with Crippen molar-refractivity contribution in [2.24, 2.45) is 0 Å². The van der Waals surface area contributed by atoms with Gasteiger partial charge in [0, 0.05) is 18.1 Å². The van der Waals surface area contributed by atoms with Gasteiger partial charge in [-0.25, -0.2) is 14.8 Å². The summed E-state index contributed by atoms with van der Waals surface area (Å²) in [6, 6.07) is 14.7. The number of methoxy groups -OCH3 is 1. The van der Waals surface area contributed by atoms with Gasteiger partial charge in [0.2, 0.25) is 11.8 Å². The standard InChI is InChI=1S/C19H18N2O4/c1-13-15(21-18(25-13)14-7-4-3-5-8-14)11-12-24-17-10-6-9-16(20-17)19(22)23-2/h3-10H,11-12H2,1-2H3. The Morgan fingerprint density at radius 3 is 2.64 bits per heavy atom. The number of benzene rings is 1. The molecule has 0 saturated heterocycles. The van der Waals surface area contributed by atoms with Crippen molar-refractivity contribution >= 4 is 5.97 Å². The van der Waals surface area contributed by atoms with Crippen LogP contribution in [0, 0.1) is 6.92 Å². The molecule has 6 nitrogen and oxygen atoms in total. The Morgan fingerprint density at radius 2 is 1.88 bits per heavy atom. The molecule has 0 aliphatic carbocycles. The summed E-state index contributed by atoms with van der Waals surface area (Å²) < 4.78 is 16.0. The van der Waals surface area contributed by atoms with Crippen molar-refractivity contribution in [3.05, 3.63) is 65.7 Å². The van der Waals surface area contributed by atoms with Gasteiger partial charge in [0.15, 0.2) is 5.69 Å². The van der Waals surface area contributed by atoms with E-state index >= 15 is 0 Å². The van der Waals surface area contributed by atoms with Crippen LogP contribution in [0.15, 0.2) is 52.9 Å². The number of carbonyl (C=O) groups excluding carboxylic acids is 1. The second-order valence-electron chi connectivity index (χ2n) is 5.34. The van der Waals surface area contributed by atoms with Crippen LogP contribution in [0.2, 0.25) is 0 Å². The maximum Gasteiger partial charge on any atom is 0.356 e. The van der Waals surface area contributed by atoms with E-state index in [-0.39, 0.29) is 5.69 Å². The van der Waals surface area contributed by atoms with Gasteiger partial charge in [-0.15, -0.1) is 0 Å². The van der Waals surface area contributed by atoms with E-state index in [4.69, 9.17) is 9.15 Å². The number of aromatic nitrogens is 2. The Kier molecular flexibility index (Phi) is 5.09. The van der Waals surface area contributed by atoms with Crippen LogP contribution in [0.5, 0.6) is 5.88 Å². The number of ether oxygens (including phenoxy) is 2. The van der Waals surface area contributed by atoms with Crippen LogP contribution >= 0.6 is 0 Å². The molecule has 128 valence electrons. The SMILES string of the molecule is COC(=O)c1cccc(OCCc2nc(-c3ccccc3)oc2C)n1. The van der Waals surface area contributed by atoms with Crippen LogP contribution in [-0.2, 0) is 11.2 Å². The molecule has 0 N–H and O–H groups in total. The predicted molar refractivity (Wildman–Crippen MR) is 91.5 cm³/mol. The lowest BCUT2D eigenvalue weighted by molar-refractivity contribution is 0.0592. The summed E-state index contributed by atoms with van der Waals surface area (Å²) in [4.78, 5) is 20.1. The Labute approximate surface area is 145 Å². The van der Waals surface area contributed by atoms with Crippen LogP contribution in [0.25, 0.3) is 11.5 Å². The summed E-state index contributed by atoms with van der Waals surface area (Å²) in [5.41, 5.74) is 1.98. The molecular formula is C19H18N2O4. The predicted octanol–water partition coefficient (Wildman–Crippen LogP) is 3.45. The van der Waals surface area contributed by atoms with Gasteiger partial charge < -0.3 is 13.9 Å². The number of aryl methyl sites for hydroxylation is 1. The Balaban J connectivity index is 1.63. The second kappa shape index (κ2) is 7.61. The summed E-state index contributed by atoms with van der Waals surface area (Å²) in [5.74, 6) is 1.23. The monoisotopic (exact) mass is 338 g/mol. The first kappa shape index (κ1) is 16.7. The molecule has 0 aliphatic heterocycles. The molecule has 3 aromatic rings. The molecule has 6 heteroatoms. The van der Waals surface area contributed by atoms with Crippen LogP contribution in [-0.4, -0.2) is 29.7 Å². The molecule has 0 spiro atoms. The summed E-state index contributed by atoms with van der Waals surface area (Å²) in [7, 11) is 1.31. The fourth-order valence-corrected chi connectivity index (χ4v) is 2.33. The zero-order chi connectivity index (χ0) is 17.6. The second-order valence-corrected chi connectivity index (χ2v) is 5.34. The third-order valence-corrected chi connectivity index (χ3v) is 3.62. The number of nitrogens with zero attached hydrogens (tertiary/aromatic N) is 2. The largest absolute Gasteiger partial charge is 0.477 e. The van der Waals surface area contributed by atoms with E-state index in [9.17, 15) is 4.79 Å². The quantitative estimate of drug-likeness (QED) is 0.641. The van der Waals surface area contributed by atoms with E-state index in [0.717, 1.165) is 17.0 Å². The summed E-state index contributed by atoms with van der Waals surface area (Å²) in [6.45, 7) is 2.25. The molecule has 3 rings (SSSR count). The fraction of sp³-hybridized carbons (Fsp3) is 0.211. The van der Waals surface area contributed by atoms with E-state index in [1.54, 1.807) is 18.2 Å². The van der Waals surface area contributed by atoms with Crippen LogP contribution in [0.4, 0.5) is 0 Å². The minimum absolute atomic E-state index is 0.212. The first-order valence-corrected chi connectivity index (χ1v) is 7.87. The lowest BCUT2D eigenvalue weighted by Crippen LogP contribution is -2.08. The average molecular weight is 338 g/mol. The van der Waals surface area contributed by atoms with E-state index in [0.29, 0.717) is 24.8 Å². The lowest BCUT2D eigenvalue weighted by Gasteiger charge is -2.05. The maximum absolute atomic E-state index is 11.5. The molecule has 1 aromatic carbocycles. The van der Waals surface area contributed by atoms with Gasteiger partial charge >= 0.3 is 5.97 Å². The number of esters is 1. The molecule has 2 heterocycles. The zero-order valence-electron chi connectivity index (χ0n) is 14.1. The van der Waals surface area contributed by atoms with Crippen LogP contribution in [0.1, 0.15) is 21.9 Å². The van der Waals surface area contributed by atoms with Gasteiger partial charge in [-0.2, -0.15) is 0 Å². The van der Waals surface area contributed by atoms with E-state index in [1.165, 1.54) is 7.11 Å². The first-order valence-electron chi connectivity index (χ1n) is 7.87. The highest BCUT2D eigenvalue weighted by Crippen LogP contribution is 2.21. The van der Waals surface area contributed by atoms with Crippen molar-refractivity contribution in [3.8, 4) is 17.3 Å². The Morgan fingerprint density at radius 1 is 1.08 bits per heavy atom. The lowest BCUT2D eigenvalue weighted by atomic mass is 10.2. The molecular weight excluding hydrogens is 320 g/mol. The Bertz CT molecular complexity index is 859. The normalized spacial score (nSPS) is 10.5. The van der Waals surface area contributed by atoms with Crippen molar-refractivity contribution in [1.29, 1.82) is 0 Å². The van der Waals surface area contributed by atoms with E-state index < -0.39 is 5.97 Å². The fourth-order valence-electron chi connectivity index (χ4n) is 2.33. The first-order chi connectivity index (χ1) is 12.2. The number of pyridine rings is 1. The minimum atomic E-state index is -0.495. The zero-order valence-corrected chi connectivity index (χ0v) is 14.1. The highest BCUT2D eigenvalue weighted by molar-refractivity contribution is 5.87. The maximum atomic E-state index is 11.5. The molecule has 0 bridgehead atoms. The number of rotatable bonds is 6. The van der Waals surface area contributed by atoms with E-state index in [2.05, 4.69) is 14.7 Å². The summed E-state index contributed by atoms with van der Waals surface area (Å²) >= 11 is 0. The molecule has 0 saturated carbocycles. The molecule has 0 fully saturated rings. The van der Waals surface area contributed by atoms with Gasteiger partial charge in [-0.05, 0) is 25.1 Å². The highest BCUT2D eigenvalue weighted by Gasteiger charge is 2.12. The number of oxazole rings is 1. The molecule has 0 amide bonds. The minimum Gasteiger partial charge on any atom is -0.477 e. The smallest absolute Gasteiger partial charge is 0.356 e. The van der Waals surface area contributed by atoms with Crippen molar-refractivity contribution in [2.75, 3.05) is 13.7 Å². The average Bonchev–Trinajstić information content (AvgIpc) is 3.03. The van der Waals surface area contributed by atoms with Gasteiger partial charge in [0.25, 0.3) is 0 Å². The van der Waals surface area contributed by atoms with Gasteiger partial charge in [-0.1, -0.05) is 24.3 Å². The highest BCUT2D eigenvalue weighted by atomic mass is 16.5. The number of hydrogen-bond acceptors (Lipinski definition) is 6. The molecule has 0 unspecified atom stereocenters. The van der Waals surface area contributed by atoms with Gasteiger partial charge in [0.1, 0.15) is 5.76 Å². The third kappa shape index (κ3) is 4.03. The van der Waals surface area contributed by atoms with Gasteiger partial charge in [-0.3, -0.25) is 0 Å². The van der Waals surface area contributed by atoms with Gasteiger partial charge in [0.05, 0.1) is 19.4 Å². The molecule has 2 aromatic heterocycles. The van der Waals surface area contributed by atoms with Crippen molar-refractivity contribution in [1.82, 2.24) is 9.97 Å². The topological polar surface area (TPSA) is 74.5 Å². The number of carbonyl (C=O) groups is 1. The molecule has 25 heavy (non-hydrogen) atoms. The van der Waals surface area contributed by atoms with Crippen molar-refractivity contribution in [3.63, 3.8) is 0 Å². The van der Waals surface area contributed by atoms with Crippen LogP contribution < -0.4 is 4.74 Å². The third-order valence-electron chi connectivity index (χ3n) is 3.62. The van der Waals surface area contributed by atoms with Crippen LogP contribution in [0.3, 0.4) is 0 Å². The molecule has 0 atom stereocenters. The van der Waals surface area contributed by atoms with Crippen molar-refractivity contribution in [2.45, 2.75) is 13.3 Å². The molecule has 0 radical (unpaired) electrons. The Hall–Kier alpha value is -3.15. The van der Waals surface area contributed by atoms with Crippen molar-refractivity contribution < 1.29 is 18.7 Å². The number of hydrogen-bond donors (Lipinski definition) is 0. The summed E-state index contributed by atoms with van der Waals surface area (Å²) in [6.07, 6.45) is 0.576. The molecule has 0 aliphatic rings. The van der Waals surface area contributed by atoms with E-state index in [1.807, 2.05) is 37.3 Å².